The Hall–Kier alpha value is -2.37. The molecule has 1 aromatic carbocycles. The first-order chi connectivity index (χ1) is 8.95. The van der Waals surface area contributed by atoms with Crippen LogP contribution in [0.2, 0.25) is 0 Å². The second kappa shape index (κ2) is 4.72. The van der Waals surface area contributed by atoms with Crippen LogP contribution in [0.1, 0.15) is 30.2 Å². The van der Waals surface area contributed by atoms with Gasteiger partial charge < -0.3 is 9.15 Å². The monoisotopic (exact) mass is 263 g/mol. The van der Waals surface area contributed by atoms with Crippen molar-refractivity contribution in [3.05, 3.63) is 34.3 Å². The molecular formula is C13H13NO5. The minimum atomic E-state index is -0.790. The third-order valence-corrected chi connectivity index (χ3v) is 2.95. The maximum absolute atomic E-state index is 11.8. The number of ether oxygens (including phenoxy) is 1. The second-order valence-corrected chi connectivity index (χ2v) is 4.18. The smallest absolute Gasteiger partial charge is 0.420 e. The van der Waals surface area contributed by atoms with Gasteiger partial charge in [0.2, 0.25) is 0 Å². The summed E-state index contributed by atoms with van der Waals surface area (Å²) in [6.45, 7) is 2.97. The fraction of sp³-hybridized carbons (Fsp3) is 0.308. The Morgan fingerprint density at radius 1 is 1.37 bits per heavy atom. The molecule has 0 aliphatic heterocycles. The topological polar surface area (TPSA) is 78.5 Å². The van der Waals surface area contributed by atoms with Crippen LogP contribution in [0.5, 0.6) is 0 Å². The predicted octanol–water partition coefficient (Wildman–Crippen LogP) is 1.53. The van der Waals surface area contributed by atoms with Gasteiger partial charge in [0.1, 0.15) is 6.04 Å². The summed E-state index contributed by atoms with van der Waals surface area (Å²) in [7, 11) is 1.25. The average molecular weight is 263 g/mol. The predicted molar refractivity (Wildman–Crippen MR) is 67.2 cm³/mol. The highest BCUT2D eigenvalue weighted by Crippen LogP contribution is 2.19. The van der Waals surface area contributed by atoms with E-state index in [-0.39, 0.29) is 11.4 Å². The molecule has 19 heavy (non-hydrogen) atoms. The van der Waals surface area contributed by atoms with Gasteiger partial charge in [-0.3, -0.25) is 9.36 Å². The second-order valence-electron chi connectivity index (χ2n) is 4.18. The molecule has 0 amide bonds. The van der Waals surface area contributed by atoms with Crippen LogP contribution in [0.15, 0.2) is 27.4 Å². The number of rotatable bonds is 3. The molecule has 1 heterocycles. The number of fused-ring (bicyclic) bond motifs is 1. The molecule has 0 bridgehead atoms. The van der Waals surface area contributed by atoms with E-state index in [2.05, 4.69) is 4.74 Å². The van der Waals surface area contributed by atoms with Crippen LogP contribution in [0.3, 0.4) is 0 Å². The van der Waals surface area contributed by atoms with Gasteiger partial charge in [0.05, 0.1) is 12.6 Å². The number of ketones is 1. The molecule has 0 aliphatic rings. The summed E-state index contributed by atoms with van der Waals surface area (Å²) in [6.07, 6.45) is 0. The van der Waals surface area contributed by atoms with E-state index in [1.165, 1.54) is 24.7 Å². The number of oxazole rings is 1. The number of esters is 1. The maximum Gasteiger partial charge on any atom is 0.420 e. The normalized spacial score (nSPS) is 12.4. The number of carbonyl (C=O) groups is 2. The Balaban J connectivity index is 2.63. The quantitative estimate of drug-likeness (QED) is 0.619. The Bertz CT molecular complexity index is 709. The van der Waals surface area contributed by atoms with Crippen molar-refractivity contribution in [2.24, 2.45) is 0 Å². The van der Waals surface area contributed by atoms with Crippen LogP contribution in [-0.2, 0) is 9.53 Å². The third-order valence-electron chi connectivity index (χ3n) is 2.95. The van der Waals surface area contributed by atoms with Crippen molar-refractivity contribution in [1.82, 2.24) is 4.57 Å². The van der Waals surface area contributed by atoms with Crippen LogP contribution < -0.4 is 5.76 Å². The van der Waals surface area contributed by atoms with Crippen molar-refractivity contribution in [1.29, 1.82) is 0 Å². The van der Waals surface area contributed by atoms with Gasteiger partial charge in [0, 0.05) is 5.56 Å². The molecule has 0 spiro atoms. The number of nitrogens with zero attached hydrogens (tertiary/aromatic N) is 1. The molecule has 100 valence electrons. The van der Waals surface area contributed by atoms with E-state index in [1.807, 2.05) is 0 Å². The lowest BCUT2D eigenvalue weighted by Gasteiger charge is -2.09. The van der Waals surface area contributed by atoms with Gasteiger partial charge in [-0.05, 0) is 32.0 Å². The average Bonchev–Trinajstić information content (AvgIpc) is 2.71. The Kier molecular flexibility index (Phi) is 3.25. The number of Topliss-reactive ketones (excluding diaryl/α,β-unsaturated/α-hetero) is 1. The van der Waals surface area contributed by atoms with Crippen LogP contribution in [-0.4, -0.2) is 23.4 Å². The molecule has 0 N–H and O–H groups in total. The van der Waals surface area contributed by atoms with Crippen LogP contribution in [0.25, 0.3) is 11.1 Å². The zero-order valence-electron chi connectivity index (χ0n) is 10.8. The molecule has 1 aromatic heterocycles. The highest BCUT2D eigenvalue weighted by atomic mass is 16.5. The fourth-order valence-corrected chi connectivity index (χ4v) is 1.90. The molecule has 2 aromatic rings. The summed E-state index contributed by atoms with van der Waals surface area (Å²) in [5.41, 5.74) is 1.17. The molecule has 0 aliphatic carbocycles. The minimum absolute atomic E-state index is 0.127. The van der Waals surface area contributed by atoms with E-state index in [9.17, 15) is 14.4 Å². The highest BCUT2D eigenvalue weighted by Gasteiger charge is 2.22. The Morgan fingerprint density at radius 3 is 2.63 bits per heavy atom. The van der Waals surface area contributed by atoms with Crippen molar-refractivity contribution in [3.63, 3.8) is 0 Å². The van der Waals surface area contributed by atoms with Crippen molar-refractivity contribution in [2.75, 3.05) is 7.11 Å². The van der Waals surface area contributed by atoms with Crippen LogP contribution in [0, 0.1) is 0 Å². The molecule has 0 saturated heterocycles. The summed E-state index contributed by atoms with van der Waals surface area (Å²) in [6, 6.07) is 3.86. The highest BCUT2D eigenvalue weighted by molar-refractivity contribution is 5.97. The molecule has 0 fully saturated rings. The van der Waals surface area contributed by atoms with Crippen LogP contribution >= 0.6 is 0 Å². The molecule has 0 saturated carbocycles. The van der Waals surface area contributed by atoms with Crippen molar-refractivity contribution < 1.29 is 18.7 Å². The van der Waals surface area contributed by atoms with Crippen molar-refractivity contribution in [3.8, 4) is 0 Å². The molecular weight excluding hydrogens is 250 g/mol. The number of hydrogen-bond donors (Lipinski definition) is 0. The first-order valence-electron chi connectivity index (χ1n) is 5.69. The summed E-state index contributed by atoms with van der Waals surface area (Å²) in [4.78, 5) is 34.6. The molecule has 6 heteroatoms. The van der Waals surface area contributed by atoms with Gasteiger partial charge in [-0.1, -0.05) is 0 Å². The van der Waals surface area contributed by atoms with Gasteiger partial charge in [0.25, 0.3) is 0 Å². The largest absolute Gasteiger partial charge is 0.467 e. The molecule has 0 radical (unpaired) electrons. The third kappa shape index (κ3) is 2.16. The number of aromatic nitrogens is 1. The number of carbonyl (C=O) groups excluding carboxylic acids is 2. The van der Waals surface area contributed by atoms with Crippen LogP contribution in [0.4, 0.5) is 0 Å². The standard InChI is InChI=1S/C13H13NO5/c1-7(12(16)18-3)14-10-5-4-9(8(2)15)6-11(10)19-13(14)17/h4-7H,1-3H3. The maximum atomic E-state index is 11.8. The zero-order chi connectivity index (χ0) is 14.2. The van der Waals surface area contributed by atoms with Gasteiger partial charge in [-0.2, -0.15) is 0 Å². The SMILES string of the molecule is COC(=O)C(C)n1c(=O)oc2cc(C(C)=O)ccc21. The Labute approximate surface area is 108 Å². The minimum Gasteiger partial charge on any atom is -0.467 e. The van der Waals surface area contributed by atoms with E-state index in [0.29, 0.717) is 11.1 Å². The van der Waals surface area contributed by atoms with E-state index in [0.717, 1.165) is 0 Å². The molecule has 6 nitrogen and oxygen atoms in total. The zero-order valence-corrected chi connectivity index (χ0v) is 10.8. The van der Waals surface area contributed by atoms with Crippen molar-refractivity contribution >= 4 is 22.9 Å². The van der Waals surface area contributed by atoms with Gasteiger partial charge in [0.15, 0.2) is 11.4 Å². The van der Waals surface area contributed by atoms with E-state index < -0.39 is 17.8 Å². The number of methoxy groups -OCH3 is 1. The van der Waals surface area contributed by atoms with E-state index >= 15 is 0 Å². The van der Waals surface area contributed by atoms with E-state index in [4.69, 9.17) is 4.42 Å². The summed E-state index contributed by atoms with van der Waals surface area (Å²) < 4.78 is 10.9. The first kappa shape index (κ1) is 13.1. The molecule has 2 rings (SSSR count). The van der Waals surface area contributed by atoms with Gasteiger partial charge >= 0.3 is 11.7 Å². The van der Waals surface area contributed by atoms with Crippen molar-refractivity contribution in [2.45, 2.75) is 19.9 Å². The lowest BCUT2D eigenvalue weighted by atomic mass is 10.1. The first-order valence-corrected chi connectivity index (χ1v) is 5.69. The van der Waals surface area contributed by atoms with Gasteiger partial charge in [-0.25, -0.2) is 9.59 Å². The number of hydrogen-bond acceptors (Lipinski definition) is 5. The summed E-state index contributed by atoms with van der Waals surface area (Å²) >= 11 is 0. The lowest BCUT2D eigenvalue weighted by molar-refractivity contribution is -0.144. The Morgan fingerprint density at radius 2 is 2.05 bits per heavy atom. The molecule has 1 atom stereocenters. The van der Waals surface area contributed by atoms with E-state index in [1.54, 1.807) is 19.1 Å². The number of benzene rings is 1. The lowest BCUT2D eigenvalue weighted by Crippen LogP contribution is -2.25. The summed E-state index contributed by atoms with van der Waals surface area (Å²) in [5.74, 6) is -1.33. The van der Waals surface area contributed by atoms with Gasteiger partial charge in [-0.15, -0.1) is 0 Å². The summed E-state index contributed by atoms with van der Waals surface area (Å²) in [5, 5.41) is 0. The molecule has 1 unspecified atom stereocenters. The fourth-order valence-electron chi connectivity index (χ4n) is 1.90.